The average molecular weight is 186 g/mol. The fraction of sp³-hybridized carbons (Fsp3) is 0.444. The summed E-state index contributed by atoms with van der Waals surface area (Å²) in [7, 11) is 0. The molecule has 0 amide bonds. The second-order valence-corrected chi connectivity index (χ2v) is 2.31. The molecule has 0 heterocycles. The highest BCUT2D eigenvalue weighted by molar-refractivity contribution is 5.81. The van der Waals surface area contributed by atoms with Crippen LogP contribution in [0.3, 0.4) is 0 Å². The number of carbonyl (C=O) groups is 1. The van der Waals surface area contributed by atoms with Crippen molar-refractivity contribution in [2.75, 3.05) is 19.8 Å². The highest BCUT2D eigenvalue weighted by Gasteiger charge is 2.05. The Balaban J connectivity index is 3.39. The lowest BCUT2D eigenvalue weighted by atomic mass is 10.4. The Bertz CT molecular complexity index is 176. The van der Waals surface area contributed by atoms with E-state index in [9.17, 15) is 4.79 Å². The van der Waals surface area contributed by atoms with Crippen LogP contribution in [0.4, 0.5) is 0 Å². The molecule has 0 saturated carbocycles. The second kappa shape index (κ2) is 7.52. The molecule has 0 aliphatic heterocycles. The minimum atomic E-state index is -0.802. The lowest BCUT2D eigenvalue weighted by Gasteiger charge is -2.09. The molecule has 0 rings (SSSR count). The van der Waals surface area contributed by atoms with Gasteiger partial charge in [0.05, 0.1) is 13.2 Å². The van der Waals surface area contributed by atoms with E-state index in [1.54, 1.807) is 6.08 Å². The van der Waals surface area contributed by atoms with E-state index in [2.05, 4.69) is 17.9 Å². The molecule has 0 aromatic carbocycles. The molecule has 4 heteroatoms. The van der Waals surface area contributed by atoms with E-state index in [0.29, 0.717) is 6.61 Å². The van der Waals surface area contributed by atoms with Crippen LogP contribution >= 0.6 is 0 Å². The van der Waals surface area contributed by atoms with Gasteiger partial charge >= 0.3 is 5.97 Å². The molecule has 0 bridgehead atoms. The summed E-state index contributed by atoms with van der Waals surface area (Å²) in [4.78, 5) is 10.5. The fourth-order valence-electron chi connectivity index (χ4n) is 0.573. The van der Waals surface area contributed by atoms with E-state index < -0.39 is 12.1 Å². The SMILES string of the molecule is C=CCOCC(O)COC(=O)C=C. The lowest BCUT2D eigenvalue weighted by Crippen LogP contribution is -2.23. The van der Waals surface area contributed by atoms with Crippen LogP contribution in [-0.2, 0) is 14.3 Å². The van der Waals surface area contributed by atoms with Gasteiger partial charge in [0.15, 0.2) is 0 Å². The number of aliphatic hydroxyl groups excluding tert-OH is 1. The van der Waals surface area contributed by atoms with Gasteiger partial charge in [-0.25, -0.2) is 4.79 Å². The number of ether oxygens (including phenoxy) is 2. The second-order valence-electron chi connectivity index (χ2n) is 2.31. The molecule has 0 fully saturated rings. The van der Waals surface area contributed by atoms with Gasteiger partial charge in [0.25, 0.3) is 0 Å². The van der Waals surface area contributed by atoms with Crippen LogP contribution in [0.15, 0.2) is 25.3 Å². The van der Waals surface area contributed by atoms with Crippen LogP contribution in [0, 0.1) is 0 Å². The number of hydrogen-bond donors (Lipinski definition) is 1. The quantitative estimate of drug-likeness (QED) is 0.268. The maximum absolute atomic E-state index is 10.5. The minimum absolute atomic E-state index is 0.0814. The summed E-state index contributed by atoms with van der Waals surface area (Å²) in [6.07, 6.45) is 1.81. The predicted octanol–water partition coefficient (Wildman–Crippen LogP) is 0.279. The molecule has 13 heavy (non-hydrogen) atoms. The molecule has 4 nitrogen and oxygen atoms in total. The van der Waals surface area contributed by atoms with Crippen LogP contribution in [0.5, 0.6) is 0 Å². The van der Waals surface area contributed by atoms with Crippen molar-refractivity contribution in [2.45, 2.75) is 6.10 Å². The van der Waals surface area contributed by atoms with Crippen LogP contribution < -0.4 is 0 Å². The third-order valence-electron chi connectivity index (χ3n) is 1.13. The number of aliphatic hydroxyl groups is 1. The first-order valence-electron chi connectivity index (χ1n) is 3.86. The Morgan fingerprint density at radius 1 is 1.46 bits per heavy atom. The molecule has 74 valence electrons. The Labute approximate surface area is 77.5 Å². The Hall–Kier alpha value is -1.13. The zero-order valence-corrected chi connectivity index (χ0v) is 7.44. The van der Waals surface area contributed by atoms with E-state index in [0.717, 1.165) is 6.08 Å². The van der Waals surface area contributed by atoms with Gasteiger partial charge in [-0.15, -0.1) is 6.58 Å². The maximum atomic E-state index is 10.5. The van der Waals surface area contributed by atoms with Crippen molar-refractivity contribution in [3.05, 3.63) is 25.3 Å². The van der Waals surface area contributed by atoms with Crippen LogP contribution in [-0.4, -0.2) is 37.0 Å². The van der Waals surface area contributed by atoms with Gasteiger partial charge in [-0.2, -0.15) is 0 Å². The zero-order chi connectivity index (χ0) is 10.1. The average Bonchev–Trinajstić information content (AvgIpc) is 2.14. The summed E-state index contributed by atoms with van der Waals surface area (Å²) in [6.45, 7) is 7.06. The highest BCUT2D eigenvalue weighted by atomic mass is 16.5. The van der Waals surface area contributed by atoms with E-state index in [1.807, 2.05) is 0 Å². The smallest absolute Gasteiger partial charge is 0.330 e. The van der Waals surface area contributed by atoms with Crippen molar-refractivity contribution in [3.63, 3.8) is 0 Å². The van der Waals surface area contributed by atoms with E-state index >= 15 is 0 Å². The summed E-state index contributed by atoms with van der Waals surface area (Å²) < 4.78 is 9.50. The normalized spacial score (nSPS) is 11.8. The van der Waals surface area contributed by atoms with Crippen LogP contribution in [0.2, 0.25) is 0 Å². The van der Waals surface area contributed by atoms with Crippen molar-refractivity contribution >= 4 is 5.97 Å². The largest absolute Gasteiger partial charge is 0.460 e. The van der Waals surface area contributed by atoms with Crippen molar-refractivity contribution in [3.8, 4) is 0 Å². The molecule has 1 atom stereocenters. The topological polar surface area (TPSA) is 55.8 Å². The molecular weight excluding hydrogens is 172 g/mol. The van der Waals surface area contributed by atoms with E-state index in [-0.39, 0.29) is 13.2 Å². The highest BCUT2D eigenvalue weighted by Crippen LogP contribution is 1.89. The standard InChI is InChI=1S/C9H14O4/c1-3-5-12-6-8(10)7-13-9(11)4-2/h3-4,8,10H,1-2,5-7H2. The van der Waals surface area contributed by atoms with Crippen LogP contribution in [0.1, 0.15) is 0 Å². The summed E-state index contributed by atoms with van der Waals surface area (Å²) in [6, 6.07) is 0. The third kappa shape index (κ3) is 7.24. The molecule has 0 aliphatic carbocycles. The van der Waals surface area contributed by atoms with Crippen molar-refractivity contribution < 1.29 is 19.4 Å². The molecule has 0 spiro atoms. The van der Waals surface area contributed by atoms with Gasteiger partial charge in [0.1, 0.15) is 12.7 Å². The van der Waals surface area contributed by atoms with Crippen molar-refractivity contribution in [1.82, 2.24) is 0 Å². The van der Waals surface area contributed by atoms with Gasteiger partial charge in [-0.3, -0.25) is 0 Å². The number of esters is 1. The Kier molecular flexibility index (Phi) is 6.86. The molecule has 0 saturated heterocycles. The zero-order valence-electron chi connectivity index (χ0n) is 7.44. The third-order valence-corrected chi connectivity index (χ3v) is 1.13. The molecule has 0 aliphatic rings. The summed E-state index contributed by atoms with van der Waals surface area (Å²) in [5.74, 6) is -0.553. The number of rotatable bonds is 7. The van der Waals surface area contributed by atoms with Gasteiger partial charge in [-0.1, -0.05) is 12.7 Å². The minimum Gasteiger partial charge on any atom is -0.460 e. The van der Waals surface area contributed by atoms with Gasteiger partial charge in [0, 0.05) is 6.08 Å². The first kappa shape index (κ1) is 11.9. The summed E-state index contributed by atoms with van der Waals surface area (Å²) in [5.41, 5.74) is 0. The van der Waals surface area contributed by atoms with E-state index in [4.69, 9.17) is 9.84 Å². The molecule has 0 aromatic heterocycles. The monoisotopic (exact) mass is 186 g/mol. The molecular formula is C9H14O4. The molecule has 1 N–H and O–H groups in total. The summed E-state index contributed by atoms with van der Waals surface area (Å²) >= 11 is 0. The van der Waals surface area contributed by atoms with Crippen molar-refractivity contribution in [2.24, 2.45) is 0 Å². The van der Waals surface area contributed by atoms with Crippen molar-refractivity contribution in [1.29, 1.82) is 0 Å². The Morgan fingerprint density at radius 3 is 2.69 bits per heavy atom. The first-order valence-corrected chi connectivity index (χ1v) is 3.86. The number of hydrogen-bond acceptors (Lipinski definition) is 4. The van der Waals surface area contributed by atoms with Crippen LogP contribution in [0.25, 0.3) is 0 Å². The van der Waals surface area contributed by atoms with Gasteiger partial charge in [0.2, 0.25) is 0 Å². The molecule has 1 unspecified atom stereocenters. The predicted molar refractivity (Wildman–Crippen MR) is 48.2 cm³/mol. The van der Waals surface area contributed by atoms with Gasteiger partial charge < -0.3 is 14.6 Å². The Morgan fingerprint density at radius 2 is 2.15 bits per heavy atom. The van der Waals surface area contributed by atoms with Gasteiger partial charge in [-0.05, 0) is 0 Å². The van der Waals surface area contributed by atoms with E-state index in [1.165, 1.54) is 0 Å². The first-order chi connectivity index (χ1) is 6.20. The number of carbonyl (C=O) groups excluding carboxylic acids is 1. The maximum Gasteiger partial charge on any atom is 0.330 e. The lowest BCUT2D eigenvalue weighted by molar-refractivity contribution is -0.141. The molecule has 0 aromatic rings. The summed E-state index contributed by atoms with van der Waals surface area (Å²) in [5, 5.41) is 9.15. The fourth-order valence-corrected chi connectivity index (χ4v) is 0.573. The molecule has 0 radical (unpaired) electrons.